The van der Waals surface area contributed by atoms with Crippen molar-refractivity contribution in [1.29, 1.82) is 0 Å². The van der Waals surface area contributed by atoms with Crippen molar-refractivity contribution in [2.45, 2.75) is 20.3 Å². The Morgan fingerprint density at radius 1 is 1.20 bits per heavy atom. The molecule has 0 saturated carbocycles. The van der Waals surface area contributed by atoms with Crippen molar-refractivity contribution < 1.29 is 0 Å². The van der Waals surface area contributed by atoms with Crippen molar-refractivity contribution >= 4 is 16.6 Å². The van der Waals surface area contributed by atoms with E-state index in [4.69, 9.17) is 0 Å². The topological polar surface area (TPSA) is 27.8 Å². The molecule has 3 aromatic rings. The van der Waals surface area contributed by atoms with E-state index in [0.717, 1.165) is 13.0 Å². The minimum absolute atomic E-state index is 0.965. The summed E-state index contributed by atoms with van der Waals surface area (Å²) < 4.78 is 0. The van der Waals surface area contributed by atoms with E-state index in [2.05, 4.69) is 60.5 Å². The van der Waals surface area contributed by atoms with E-state index in [9.17, 15) is 0 Å². The molecule has 20 heavy (non-hydrogen) atoms. The van der Waals surface area contributed by atoms with E-state index < -0.39 is 0 Å². The molecule has 0 aliphatic heterocycles. The summed E-state index contributed by atoms with van der Waals surface area (Å²) in [4.78, 5) is 3.60. The van der Waals surface area contributed by atoms with Gasteiger partial charge in [0.15, 0.2) is 0 Å². The van der Waals surface area contributed by atoms with E-state index in [1.54, 1.807) is 0 Å². The first-order valence-corrected chi connectivity index (χ1v) is 7.25. The van der Waals surface area contributed by atoms with Gasteiger partial charge >= 0.3 is 0 Å². The summed E-state index contributed by atoms with van der Waals surface area (Å²) >= 11 is 0. The van der Waals surface area contributed by atoms with Crippen molar-refractivity contribution in [3.8, 4) is 11.3 Å². The molecule has 0 radical (unpaired) electrons. The molecule has 0 amide bonds. The molecule has 1 aliphatic carbocycles. The van der Waals surface area contributed by atoms with Gasteiger partial charge in [-0.2, -0.15) is 0 Å². The van der Waals surface area contributed by atoms with E-state index >= 15 is 0 Å². The van der Waals surface area contributed by atoms with Gasteiger partial charge < -0.3 is 10.3 Å². The van der Waals surface area contributed by atoms with Crippen LogP contribution in [0.15, 0.2) is 36.4 Å². The molecular weight excluding hydrogens is 244 g/mol. The third-order valence-electron chi connectivity index (χ3n) is 4.23. The largest absolute Gasteiger partial charge is 0.385 e. The number of hydrogen-bond donors (Lipinski definition) is 2. The van der Waals surface area contributed by atoms with Gasteiger partial charge in [-0.1, -0.05) is 18.2 Å². The lowest BCUT2D eigenvalue weighted by molar-refractivity contribution is 1.19. The second kappa shape index (κ2) is 4.14. The van der Waals surface area contributed by atoms with Crippen LogP contribution in [0.25, 0.3) is 22.2 Å². The molecule has 0 unspecified atom stereocenters. The maximum atomic E-state index is 3.60. The van der Waals surface area contributed by atoms with Crippen LogP contribution in [0, 0.1) is 6.92 Å². The molecule has 0 saturated heterocycles. The maximum Gasteiger partial charge on any atom is 0.0506 e. The van der Waals surface area contributed by atoms with Gasteiger partial charge in [-0.05, 0) is 48.7 Å². The number of aromatic amines is 1. The predicted molar refractivity (Wildman–Crippen MR) is 85.4 cm³/mol. The number of aromatic nitrogens is 1. The van der Waals surface area contributed by atoms with Crippen molar-refractivity contribution in [3.05, 3.63) is 53.1 Å². The van der Waals surface area contributed by atoms with Crippen LogP contribution in [0.2, 0.25) is 0 Å². The van der Waals surface area contributed by atoms with Crippen LogP contribution in [0.1, 0.15) is 23.6 Å². The third-order valence-corrected chi connectivity index (χ3v) is 4.23. The van der Waals surface area contributed by atoms with Crippen molar-refractivity contribution in [3.63, 3.8) is 0 Å². The maximum absolute atomic E-state index is 3.60. The Bertz CT molecular complexity index is 812. The molecule has 1 heterocycles. The van der Waals surface area contributed by atoms with Crippen molar-refractivity contribution in [2.24, 2.45) is 0 Å². The van der Waals surface area contributed by atoms with E-state index in [-0.39, 0.29) is 0 Å². The summed E-state index contributed by atoms with van der Waals surface area (Å²) in [5, 5.41) is 4.79. The number of anilines is 1. The molecule has 0 atom stereocenters. The molecule has 1 aliphatic rings. The fourth-order valence-electron chi connectivity index (χ4n) is 3.45. The Balaban J connectivity index is 1.94. The Morgan fingerprint density at radius 3 is 2.90 bits per heavy atom. The first kappa shape index (κ1) is 11.6. The zero-order valence-electron chi connectivity index (χ0n) is 11.9. The standard InChI is InChI=1S/C18H18N2/c1-3-19-13-8-11(2)17-12(9-13)10-15-14-6-4-5-7-16(14)20-18(15)17/h4-9,19-20H,3,10H2,1-2H3. The van der Waals surface area contributed by atoms with E-state index in [1.165, 1.54) is 44.5 Å². The number of aryl methyl sites for hydroxylation is 1. The van der Waals surface area contributed by atoms with Crippen molar-refractivity contribution in [1.82, 2.24) is 4.98 Å². The second-order valence-electron chi connectivity index (χ2n) is 5.56. The predicted octanol–water partition coefficient (Wildman–Crippen LogP) is 4.48. The highest BCUT2D eigenvalue weighted by atomic mass is 14.9. The fraction of sp³-hybridized carbons (Fsp3) is 0.222. The Labute approximate surface area is 118 Å². The summed E-state index contributed by atoms with van der Waals surface area (Å²) in [6, 6.07) is 13.1. The smallest absolute Gasteiger partial charge is 0.0506 e. The van der Waals surface area contributed by atoms with Crippen LogP contribution in [-0.4, -0.2) is 11.5 Å². The highest BCUT2D eigenvalue weighted by molar-refractivity contribution is 5.95. The average molecular weight is 262 g/mol. The number of hydrogen-bond acceptors (Lipinski definition) is 1. The first-order valence-electron chi connectivity index (χ1n) is 7.25. The van der Waals surface area contributed by atoms with Crippen LogP contribution in [-0.2, 0) is 6.42 Å². The Morgan fingerprint density at radius 2 is 2.05 bits per heavy atom. The summed E-state index contributed by atoms with van der Waals surface area (Å²) in [7, 11) is 0. The lowest BCUT2D eigenvalue weighted by Crippen LogP contribution is -1.98. The molecule has 0 fully saturated rings. The lowest BCUT2D eigenvalue weighted by atomic mass is 10.0. The van der Waals surface area contributed by atoms with Crippen LogP contribution in [0.5, 0.6) is 0 Å². The highest BCUT2D eigenvalue weighted by Crippen LogP contribution is 2.43. The van der Waals surface area contributed by atoms with Gasteiger partial charge in [0.2, 0.25) is 0 Å². The SMILES string of the molecule is CCNc1cc(C)c2c(c1)Cc1c-2[nH]c2ccccc12. The van der Waals surface area contributed by atoms with Gasteiger partial charge in [0, 0.05) is 35.1 Å². The minimum atomic E-state index is 0.965. The lowest BCUT2D eigenvalue weighted by Gasteiger charge is -2.10. The third kappa shape index (κ3) is 1.51. The first-order chi connectivity index (χ1) is 9.78. The van der Waals surface area contributed by atoms with Gasteiger partial charge in [-0.3, -0.25) is 0 Å². The molecule has 0 spiro atoms. The Hall–Kier alpha value is -2.22. The molecule has 2 N–H and O–H groups in total. The molecule has 2 nitrogen and oxygen atoms in total. The summed E-state index contributed by atoms with van der Waals surface area (Å²) in [5.74, 6) is 0. The zero-order valence-corrected chi connectivity index (χ0v) is 11.9. The number of nitrogens with one attached hydrogen (secondary N) is 2. The van der Waals surface area contributed by atoms with Gasteiger partial charge in [-0.15, -0.1) is 0 Å². The molecule has 4 rings (SSSR count). The number of H-pyrrole nitrogens is 1. The molecule has 100 valence electrons. The van der Waals surface area contributed by atoms with E-state index in [1.807, 2.05) is 0 Å². The second-order valence-corrected chi connectivity index (χ2v) is 5.56. The number of para-hydroxylation sites is 1. The van der Waals surface area contributed by atoms with Gasteiger partial charge in [0.05, 0.1) is 5.69 Å². The van der Waals surface area contributed by atoms with Crippen LogP contribution in [0.3, 0.4) is 0 Å². The van der Waals surface area contributed by atoms with E-state index in [0.29, 0.717) is 0 Å². The quantitative estimate of drug-likeness (QED) is 0.547. The molecular formula is C18H18N2. The van der Waals surface area contributed by atoms with Gasteiger partial charge in [-0.25, -0.2) is 0 Å². The number of rotatable bonds is 2. The van der Waals surface area contributed by atoms with Crippen LogP contribution < -0.4 is 5.32 Å². The average Bonchev–Trinajstić information content (AvgIpc) is 2.94. The number of fused-ring (bicyclic) bond motifs is 5. The summed E-state index contributed by atoms with van der Waals surface area (Å²) in [6.45, 7) is 5.31. The molecule has 0 bridgehead atoms. The van der Waals surface area contributed by atoms with Crippen molar-refractivity contribution in [2.75, 3.05) is 11.9 Å². The highest BCUT2D eigenvalue weighted by Gasteiger charge is 2.24. The normalized spacial score (nSPS) is 12.5. The summed E-state index contributed by atoms with van der Waals surface area (Å²) in [6.07, 6.45) is 1.04. The Kier molecular flexibility index (Phi) is 2.40. The minimum Gasteiger partial charge on any atom is -0.385 e. The molecule has 2 heteroatoms. The summed E-state index contributed by atoms with van der Waals surface area (Å²) in [5.41, 5.74) is 9.44. The zero-order chi connectivity index (χ0) is 13.7. The van der Waals surface area contributed by atoms with Gasteiger partial charge in [0.25, 0.3) is 0 Å². The molecule has 2 aromatic carbocycles. The molecule has 1 aromatic heterocycles. The van der Waals surface area contributed by atoms with Gasteiger partial charge in [0.1, 0.15) is 0 Å². The van der Waals surface area contributed by atoms with Crippen LogP contribution >= 0.6 is 0 Å². The van der Waals surface area contributed by atoms with Crippen LogP contribution in [0.4, 0.5) is 5.69 Å². The monoisotopic (exact) mass is 262 g/mol. The fourth-order valence-corrected chi connectivity index (χ4v) is 3.45. The number of benzene rings is 2.